The van der Waals surface area contributed by atoms with Gasteiger partial charge in [0.1, 0.15) is 11.3 Å². The van der Waals surface area contributed by atoms with Gasteiger partial charge >= 0.3 is 0 Å². The van der Waals surface area contributed by atoms with Gasteiger partial charge in [-0.05, 0) is 39.0 Å². The summed E-state index contributed by atoms with van der Waals surface area (Å²) in [6, 6.07) is 0. The van der Waals surface area contributed by atoms with Crippen molar-refractivity contribution in [2.45, 2.75) is 72.5 Å². The molecule has 3 N–H and O–H groups in total. The number of ketones is 2. The molecular weight excluding hydrogens is 320 g/mol. The van der Waals surface area contributed by atoms with E-state index in [2.05, 4.69) is 0 Å². The molecule has 0 aliphatic heterocycles. The quantitative estimate of drug-likeness (QED) is 0.461. The van der Waals surface area contributed by atoms with E-state index in [0.717, 1.165) is 5.57 Å². The molecule has 5 heteroatoms. The first kappa shape index (κ1) is 21.6. The van der Waals surface area contributed by atoms with Crippen molar-refractivity contribution in [3.8, 4) is 0 Å². The molecule has 0 aromatic heterocycles. The predicted octanol–water partition coefficient (Wildman–Crippen LogP) is 3.11. The van der Waals surface area contributed by atoms with Crippen molar-refractivity contribution >= 4 is 11.6 Å². The molecule has 0 spiro atoms. The Hall–Kier alpha value is -1.46. The van der Waals surface area contributed by atoms with Crippen LogP contribution in [0.1, 0.15) is 60.8 Å². The Labute approximate surface area is 150 Å². The summed E-state index contributed by atoms with van der Waals surface area (Å²) in [5.41, 5.74) is -1.51. The van der Waals surface area contributed by atoms with Crippen molar-refractivity contribution in [3.05, 3.63) is 23.0 Å². The highest BCUT2D eigenvalue weighted by Crippen LogP contribution is 2.43. The van der Waals surface area contributed by atoms with Crippen LogP contribution in [0.5, 0.6) is 0 Å². The summed E-state index contributed by atoms with van der Waals surface area (Å²) >= 11 is 0. The van der Waals surface area contributed by atoms with E-state index < -0.39 is 40.9 Å². The summed E-state index contributed by atoms with van der Waals surface area (Å²) in [7, 11) is 0. The minimum absolute atomic E-state index is 0.162. The van der Waals surface area contributed by atoms with Gasteiger partial charge < -0.3 is 15.3 Å². The second kappa shape index (κ2) is 8.28. The zero-order valence-electron chi connectivity index (χ0n) is 16.2. The van der Waals surface area contributed by atoms with Crippen LogP contribution in [0.25, 0.3) is 0 Å². The van der Waals surface area contributed by atoms with E-state index in [0.29, 0.717) is 12.3 Å². The molecule has 1 aliphatic rings. The maximum atomic E-state index is 12.8. The van der Waals surface area contributed by atoms with E-state index in [1.54, 1.807) is 19.9 Å². The third-order valence-corrected chi connectivity index (χ3v) is 4.77. The highest BCUT2D eigenvalue weighted by molar-refractivity contribution is 6.24. The number of aliphatic hydroxyl groups excluding tert-OH is 2. The van der Waals surface area contributed by atoms with Gasteiger partial charge in [0.15, 0.2) is 17.2 Å². The van der Waals surface area contributed by atoms with Crippen LogP contribution >= 0.6 is 0 Å². The Morgan fingerprint density at radius 1 is 1.20 bits per heavy atom. The van der Waals surface area contributed by atoms with E-state index >= 15 is 0 Å². The molecule has 0 amide bonds. The maximum Gasteiger partial charge on any atom is 0.176 e. The zero-order valence-corrected chi connectivity index (χ0v) is 16.2. The molecule has 0 saturated heterocycles. The van der Waals surface area contributed by atoms with Crippen molar-refractivity contribution in [1.29, 1.82) is 0 Å². The zero-order chi connectivity index (χ0) is 19.5. The number of hydrogen-bond donors (Lipinski definition) is 3. The van der Waals surface area contributed by atoms with Crippen LogP contribution in [0.3, 0.4) is 0 Å². The van der Waals surface area contributed by atoms with Crippen molar-refractivity contribution in [3.63, 3.8) is 0 Å². The Bertz CT molecular complexity index is 581. The fraction of sp³-hybridized carbons (Fsp3) is 0.700. The highest BCUT2D eigenvalue weighted by atomic mass is 16.4. The predicted molar refractivity (Wildman–Crippen MR) is 97.1 cm³/mol. The minimum atomic E-state index is -2.11. The van der Waals surface area contributed by atoms with Crippen LogP contribution < -0.4 is 0 Å². The molecule has 0 heterocycles. The fourth-order valence-corrected chi connectivity index (χ4v) is 3.12. The molecule has 1 rings (SSSR count). The first-order valence-corrected chi connectivity index (χ1v) is 9.00. The van der Waals surface area contributed by atoms with E-state index in [9.17, 15) is 24.9 Å². The fourth-order valence-electron chi connectivity index (χ4n) is 3.12. The van der Waals surface area contributed by atoms with Gasteiger partial charge in [-0.25, -0.2) is 0 Å². The molecule has 0 saturated carbocycles. The summed E-state index contributed by atoms with van der Waals surface area (Å²) in [6.45, 7) is 11.0. The lowest BCUT2D eigenvalue weighted by Crippen LogP contribution is -2.49. The van der Waals surface area contributed by atoms with Crippen molar-refractivity contribution in [2.24, 2.45) is 17.8 Å². The number of hydrogen-bond acceptors (Lipinski definition) is 5. The average Bonchev–Trinajstić information content (AvgIpc) is 2.69. The van der Waals surface area contributed by atoms with Gasteiger partial charge in [0.25, 0.3) is 0 Å². The second-order valence-corrected chi connectivity index (χ2v) is 7.99. The summed E-state index contributed by atoms with van der Waals surface area (Å²) < 4.78 is 0. The van der Waals surface area contributed by atoms with Crippen molar-refractivity contribution in [1.82, 2.24) is 0 Å². The van der Waals surface area contributed by atoms with Gasteiger partial charge in [-0.2, -0.15) is 0 Å². The average molecular weight is 352 g/mol. The molecule has 0 aromatic rings. The SMILES string of the molecule is CC(C)=CCC1C(=O)C(C(=O)C(C)C)=C(O)C1(O)C(O)CCC(C)C. The first-order chi connectivity index (χ1) is 11.4. The third kappa shape index (κ3) is 4.39. The lowest BCUT2D eigenvalue weighted by atomic mass is 9.79. The van der Waals surface area contributed by atoms with Crippen LogP contribution in [0.2, 0.25) is 0 Å². The second-order valence-electron chi connectivity index (χ2n) is 7.99. The lowest BCUT2D eigenvalue weighted by molar-refractivity contribution is -0.136. The number of aliphatic hydroxyl groups is 3. The summed E-state index contributed by atoms with van der Waals surface area (Å²) in [6.07, 6.45) is 1.49. The Kier molecular flexibility index (Phi) is 7.15. The first-order valence-electron chi connectivity index (χ1n) is 9.00. The van der Waals surface area contributed by atoms with Crippen molar-refractivity contribution < 1.29 is 24.9 Å². The highest BCUT2D eigenvalue weighted by Gasteiger charge is 2.58. The number of carbonyl (C=O) groups excluding carboxylic acids is 2. The summed E-state index contributed by atoms with van der Waals surface area (Å²) in [5.74, 6) is -2.99. The smallest absolute Gasteiger partial charge is 0.176 e. The normalized spacial score (nSPS) is 25.0. The largest absolute Gasteiger partial charge is 0.508 e. The van der Waals surface area contributed by atoms with E-state index in [1.807, 2.05) is 27.7 Å². The van der Waals surface area contributed by atoms with Crippen LogP contribution in [-0.2, 0) is 9.59 Å². The van der Waals surface area contributed by atoms with Gasteiger partial charge in [-0.1, -0.05) is 39.3 Å². The monoisotopic (exact) mass is 352 g/mol. The topological polar surface area (TPSA) is 94.8 Å². The van der Waals surface area contributed by atoms with Crippen LogP contribution in [0.4, 0.5) is 0 Å². The van der Waals surface area contributed by atoms with E-state index in [1.165, 1.54) is 0 Å². The minimum Gasteiger partial charge on any atom is -0.508 e. The Balaban J connectivity index is 3.34. The number of allylic oxidation sites excluding steroid dienone is 3. The van der Waals surface area contributed by atoms with Gasteiger partial charge in [-0.3, -0.25) is 9.59 Å². The number of Topliss-reactive ketones (excluding diaryl/α,β-unsaturated/α-hetero) is 2. The molecule has 142 valence electrons. The molecule has 3 unspecified atom stereocenters. The van der Waals surface area contributed by atoms with Gasteiger partial charge in [-0.15, -0.1) is 0 Å². The molecular formula is C20H32O5. The maximum absolute atomic E-state index is 12.8. The molecule has 5 nitrogen and oxygen atoms in total. The van der Waals surface area contributed by atoms with Crippen LogP contribution in [0.15, 0.2) is 23.0 Å². The summed E-state index contributed by atoms with van der Waals surface area (Å²) in [5, 5.41) is 32.3. The van der Waals surface area contributed by atoms with E-state index in [4.69, 9.17) is 0 Å². The summed E-state index contributed by atoms with van der Waals surface area (Å²) in [4.78, 5) is 25.2. The molecule has 0 fully saturated rings. The van der Waals surface area contributed by atoms with Gasteiger partial charge in [0.2, 0.25) is 0 Å². The van der Waals surface area contributed by atoms with Gasteiger partial charge in [0.05, 0.1) is 12.0 Å². The van der Waals surface area contributed by atoms with Crippen molar-refractivity contribution in [2.75, 3.05) is 0 Å². The Morgan fingerprint density at radius 2 is 1.76 bits per heavy atom. The molecule has 0 aromatic carbocycles. The van der Waals surface area contributed by atoms with Gasteiger partial charge in [0, 0.05) is 5.92 Å². The standard InChI is InChI=1S/C20H32O5/c1-11(2)7-9-14-18(23)16(17(22)13(5)6)19(24)20(14,25)15(21)10-8-12(3)4/h7,12-15,21,24-25H,8-10H2,1-6H3. The molecule has 1 aliphatic carbocycles. The van der Waals surface area contributed by atoms with Crippen LogP contribution in [0, 0.1) is 17.8 Å². The number of rotatable bonds is 8. The molecule has 0 radical (unpaired) electrons. The number of carbonyl (C=O) groups is 2. The van der Waals surface area contributed by atoms with E-state index in [-0.39, 0.29) is 18.4 Å². The molecule has 3 atom stereocenters. The Morgan fingerprint density at radius 3 is 2.20 bits per heavy atom. The van der Waals surface area contributed by atoms with Crippen LogP contribution in [-0.4, -0.2) is 38.6 Å². The molecule has 0 bridgehead atoms. The molecule has 25 heavy (non-hydrogen) atoms. The third-order valence-electron chi connectivity index (χ3n) is 4.77. The lowest BCUT2D eigenvalue weighted by Gasteiger charge is -2.34.